The van der Waals surface area contributed by atoms with E-state index in [0.29, 0.717) is 5.69 Å². The lowest BCUT2D eigenvalue weighted by Crippen LogP contribution is -2.45. The molecule has 0 saturated heterocycles. The van der Waals surface area contributed by atoms with E-state index in [9.17, 15) is 19.8 Å². The lowest BCUT2D eigenvalue weighted by atomic mass is 10.0. The van der Waals surface area contributed by atoms with E-state index in [0.717, 1.165) is 43.9 Å². The molecular weight excluding hydrogens is 505 g/mol. The highest BCUT2D eigenvalue weighted by Gasteiger charge is 2.31. The summed E-state index contributed by atoms with van der Waals surface area (Å²) in [5, 5.41) is 32.1. The third-order valence-electron chi connectivity index (χ3n) is 6.36. The van der Waals surface area contributed by atoms with Gasteiger partial charge in [-0.1, -0.05) is 41.4 Å². The Kier molecular flexibility index (Phi) is 8.68. The number of hydrogen-bond donors (Lipinski definition) is 6. The summed E-state index contributed by atoms with van der Waals surface area (Å²) in [7, 11) is 0. The highest BCUT2D eigenvalue weighted by Crippen LogP contribution is 2.27. The quantitative estimate of drug-likeness (QED) is 0.288. The third kappa shape index (κ3) is 6.67. The number of carbonyl (C=O) groups is 2. The molecule has 1 saturated carbocycles. The van der Waals surface area contributed by atoms with E-state index in [1.54, 1.807) is 30.3 Å². The average Bonchev–Trinajstić information content (AvgIpc) is 3.52. The van der Waals surface area contributed by atoms with E-state index in [2.05, 4.69) is 26.3 Å². The summed E-state index contributed by atoms with van der Waals surface area (Å²) in [4.78, 5) is 29.7. The van der Waals surface area contributed by atoms with Crippen LogP contribution in [0.25, 0.3) is 0 Å². The van der Waals surface area contributed by atoms with Crippen molar-refractivity contribution < 1.29 is 19.8 Å². The highest BCUT2D eigenvalue weighted by molar-refractivity contribution is 6.39. The van der Waals surface area contributed by atoms with Crippen molar-refractivity contribution in [3.63, 3.8) is 0 Å². The molecule has 1 aliphatic carbocycles. The van der Waals surface area contributed by atoms with Gasteiger partial charge in [-0.15, -0.1) is 0 Å². The summed E-state index contributed by atoms with van der Waals surface area (Å²) in [6.07, 6.45) is 0.806. The third-order valence-corrected chi connectivity index (χ3v) is 6.99. The van der Waals surface area contributed by atoms with E-state index in [-0.39, 0.29) is 39.9 Å². The molecule has 36 heavy (non-hydrogen) atoms. The van der Waals surface area contributed by atoms with Crippen molar-refractivity contribution in [1.29, 1.82) is 0 Å². The fraction of sp³-hybridized carbons (Fsp3) is 0.400. The molecule has 4 rings (SSSR count). The summed E-state index contributed by atoms with van der Waals surface area (Å²) in [5.74, 6) is 0.104. The number of nitrogens with zero attached hydrogens (tertiary/aromatic N) is 1. The summed E-state index contributed by atoms with van der Waals surface area (Å²) in [5.41, 5.74) is 1.46. The first kappa shape index (κ1) is 26.2. The van der Waals surface area contributed by atoms with E-state index in [4.69, 9.17) is 23.2 Å². The van der Waals surface area contributed by atoms with Crippen LogP contribution in [-0.2, 0) is 11.2 Å². The van der Waals surface area contributed by atoms with Crippen molar-refractivity contribution in [3.8, 4) is 0 Å². The molecule has 1 fully saturated rings. The van der Waals surface area contributed by atoms with Crippen molar-refractivity contribution in [3.05, 3.63) is 63.6 Å². The molecule has 11 heteroatoms. The molecule has 6 N–H and O–H groups in total. The number of hydrogen-bond acceptors (Lipinski definition) is 7. The first-order valence-corrected chi connectivity index (χ1v) is 12.6. The number of aliphatic hydroxyl groups is 2. The maximum atomic E-state index is 12.7. The number of halogens is 2. The second-order valence-corrected chi connectivity index (χ2v) is 9.80. The molecule has 2 aromatic carbocycles. The number of nitrogens with one attached hydrogen (secondary N) is 4. The van der Waals surface area contributed by atoms with Gasteiger partial charge in [0.25, 0.3) is 5.91 Å². The molecule has 2 amide bonds. The first-order valence-electron chi connectivity index (χ1n) is 11.9. The molecule has 0 bridgehead atoms. The predicted octanol–water partition coefficient (Wildman–Crippen LogP) is 2.30. The summed E-state index contributed by atoms with van der Waals surface area (Å²) in [6, 6.07) is 11.0. The second kappa shape index (κ2) is 11.9. The van der Waals surface area contributed by atoms with Crippen molar-refractivity contribution in [1.82, 2.24) is 16.0 Å². The normalized spacial score (nSPS) is 20.0. The number of benzene rings is 2. The first-order chi connectivity index (χ1) is 17.3. The van der Waals surface area contributed by atoms with Crippen LogP contribution in [0.2, 0.25) is 10.0 Å². The van der Waals surface area contributed by atoms with Crippen LogP contribution >= 0.6 is 23.2 Å². The molecular formula is C25H29Cl2N5O4. The van der Waals surface area contributed by atoms with Gasteiger partial charge in [-0.2, -0.15) is 0 Å². The lowest BCUT2D eigenvalue weighted by Gasteiger charge is -2.21. The Hall–Kier alpha value is -2.85. The van der Waals surface area contributed by atoms with E-state index in [1.807, 2.05) is 0 Å². The number of rotatable bonds is 8. The Balaban J connectivity index is 1.30. The number of amides is 2. The minimum absolute atomic E-state index is 0.0269. The monoisotopic (exact) mass is 533 g/mol. The average molecular weight is 534 g/mol. The number of aliphatic hydroxyl groups excluding tert-OH is 1. The van der Waals surface area contributed by atoms with Crippen LogP contribution in [0.5, 0.6) is 0 Å². The standard InChI is InChI=1S/C25H29Cl2N5O4/c26-18-2-1-3-19(27)21(18)23(34)32-20(24(35)36)12-14-4-7-16(8-5-14)30-22(33)15-6-9-17(13-15)31-25-28-10-11-29-25/h1-5,7-8,15,17,20,24,35-36H,6,9-13H2,(H,30,33)(H,32,34)(H2,28,29,31)/t15-,17+,20+/m1/s1. The second-order valence-electron chi connectivity index (χ2n) is 8.99. The largest absolute Gasteiger partial charge is 0.366 e. The summed E-state index contributed by atoms with van der Waals surface area (Å²) in [6.45, 7) is 1.62. The minimum atomic E-state index is -1.80. The molecule has 1 aliphatic heterocycles. The van der Waals surface area contributed by atoms with E-state index in [1.165, 1.54) is 12.1 Å². The Bertz CT molecular complexity index is 1110. The van der Waals surface area contributed by atoms with Crippen LogP contribution in [0.3, 0.4) is 0 Å². The number of aliphatic imine (C=N–C) groups is 1. The van der Waals surface area contributed by atoms with Gasteiger partial charge < -0.3 is 31.5 Å². The van der Waals surface area contributed by atoms with Crippen LogP contribution in [-0.4, -0.2) is 59.5 Å². The van der Waals surface area contributed by atoms with Crippen molar-refractivity contribution >= 4 is 46.7 Å². The predicted molar refractivity (Wildman–Crippen MR) is 139 cm³/mol. The van der Waals surface area contributed by atoms with Crippen molar-refractivity contribution in [2.45, 2.75) is 44.1 Å². The SMILES string of the molecule is O=C(N[C@@H](Cc1ccc(NC(=O)[C@@H]2CC[C@H](NC3=NCCN3)C2)cc1)C(O)O)c1c(Cl)cccc1Cl. The Labute approximate surface area is 219 Å². The van der Waals surface area contributed by atoms with Crippen LogP contribution in [0.1, 0.15) is 35.2 Å². The lowest BCUT2D eigenvalue weighted by molar-refractivity contribution is -0.119. The number of anilines is 1. The maximum Gasteiger partial charge on any atom is 0.254 e. The van der Waals surface area contributed by atoms with Gasteiger partial charge in [0.1, 0.15) is 0 Å². The summed E-state index contributed by atoms with van der Waals surface area (Å²) >= 11 is 12.2. The molecule has 2 aliphatic rings. The molecule has 0 unspecified atom stereocenters. The molecule has 0 spiro atoms. The van der Waals surface area contributed by atoms with Crippen LogP contribution < -0.4 is 21.3 Å². The van der Waals surface area contributed by atoms with Crippen molar-refractivity contribution in [2.24, 2.45) is 10.9 Å². The molecule has 3 atom stereocenters. The smallest absolute Gasteiger partial charge is 0.254 e. The molecule has 9 nitrogen and oxygen atoms in total. The van der Waals surface area contributed by atoms with E-state index >= 15 is 0 Å². The van der Waals surface area contributed by atoms with Gasteiger partial charge in [0.2, 0.25) is 5.91 Å². The molecule has 0 aromatic heterocycles. The topological polar surface area (TPSA) is 135 Å². The van der Waals surface area contributed by atoms with Gasteiger partial charge in [-0.25, -0.2) is 0 Å². The van der Waals surface area contributed by atoms with Crippen LogP contribution in [0, 0.1) is 5.92 Å². The van der Waals surface area contributed by atoms with E-state index < -0.39 is 18.2 Å². The molecule has 1 heterocycles. The maximum absolute atomic E-state index is 12.7. The molecule has 0 radical (unpaired) electrons. The highest BCUT2D eigenvalue weighted by atomic mass is 35.5. The van der Waals surface area contributed by atoms with Gasteiger partial charge in [-0.05, 0) is 55.5 Å². The Morgan fingerprint density at radius 2 is 1.81 bits per heavy atom. The number of carbonyl (C=O) groups excluding carboxylic acids is 2. The number of guanidine groups is 1. The van der Waals surface area contributed by atoms with Crippen LogP contribution in [0.15, 0.2) is 47.5 Å². The molecule has 192 valence electrons. The zero-order valence-electron chi connectivity index (χ0n) is 19.5. The minimum Gasteiger partial charge on any atom is -0.366 e. The van der Waals surface area contributed by atoms with Gasteiger partial charge >= 0.3 is 0 Å². The Morgan fingerprint density at radius 1 is 1.08 bits per heavy atom. The van der Waals surface area contributed by atoms with Crippen molar-refractivity contribution in [2.75, 3.05) is 18.4 Å². The fourth-order valence-corrected chi connectivity index (χ4v) is 5.02. The van der Waals surface area contributed by atoms with Gasteiger partial charge in [0.05, 0.1) is 28.2 Å². The molecule has 2 aromatic rings. The van der Waals surface area contributed by atoms with Gasteiger partial charge in [-0.3, -0.25) is 14.6 Å². The summed E-state index contributed by atoms with van der Waals surface area (Å²) < 4.78 is 0. The zero-order valence-corrected chi connectivity index (χ0v) is 21.0. The van der Waals surface area contributed by atoms with Crippen LogP contribution in [0.4, 0.5) is 5.69 Å². The zero-order chi connectivity index (χ0) is 25.7. The van der Waals surface area contributed by atoms with Gasteiger partial charge in [0, 0.05) is 24.2 Å². The fourth-order valence-electron chi connectivity index (χ4n) is 4.45. The Morgan fingerprint density at radius 3 is 2.44 bits per heavy atom. The van der Waals surface area contributed by atoms with Gasteiger partial charge in [0.15, 0.2) is 12.2 Å².